The van der Waals surface area contributed by atoms with Crippen LogP contribution in [0, 0.1) is 11.8 Å². The quantitative estimate of drug-likeness (QED) is 0.443. The average Bonchev–Trinajstić information content (AvgIpc) is 2.37. The number of hydrogen-bond donors (Lipinski definition) is 2. The van der Waals surface area contributed by atoms with Crippen LogP contribution in [0.1, 0.15) is 6.42 Å². The molecule has 4 atom stereocenters. The molecule has 0 radical (unpaired) electrons. The first-order valence-electron chi connectivity index (χ1n) is 3.41. The summed E-state index contributed by atoms with van der Waals surface area (Å²) in [6, 6.07) is 0.0139. The molecule has 2 aliphatic rings. The average molecular weight is 125 g/mol. The molecule has 3 N–H and O–H groups in total. The standard InChI is InChI=1S/C7H11NO/c8-6-4-1-2-5(3-4)7(6)9/h1-2,4-7,9H,3,8H2. The van der Waals surface area contributed by atoms with Crippen molar-refractivity contribution in [2.75, 3.05) is 0 Å². The van der Waals surface area contributed by atoms with Gasteiger partial charge in [0.05, 0.1) is 6.10 Å². The van der Waals surface area contributed by atoms with Crippen LogP contribution in [0.15, 0.2) is 12.2 Å². The molecule has 0 aromatic heterocycles. The summed E-state index contributed by atoms with van der Waals surface area (Å²) in [5, 5.41) is 9.31. The molecule has 1 saturated carbocycles. The van der Waals surface area contributed by atoms with E-state index < -0.39 is 0 Å². The Morgan fingerprint density at radius 1 is 1.33 bits per heavy atom. The zero-order chi connectivity index (χ0) is 6.43. The fourth-order valence-corrected chi connectivity index (χ4v) is 1.83. The maximum Gasteiger partial charge on any atom is 0.0759 e. The predicted octanol–water partition coefficient (Wildman–Crippen LogP) is -0.119. The van der Waals surface area contributed by atoms with E-state index in [-0.39, 0.29) is 12.1 Å². The molecule has 0 saturated heterocycles. The van der Waals surface area contributed by atoms with E-state index in [0.717, 1.165) is 6.42 Å². The lowest BCUT2D eigenvalue weighted by atomic mass is 10.0. The van der Waals surface area contributed by atoms with Crippen LogP contribution < -0.4 is 5.73 Å². The third-order valence-corrected chi connectivity index (χ3v) is 2.48. The molecule has 2 bridgehead atoms. The highest BCUT2D eigenvalue weighted by Gasteiger charge is 2.41. The van der Waals surface area contributed by atoms with Crippen LogP contribution in [-0.4, -0.2) is 17.3 Å². The van der Waals surface area contributed by atoms with Gasteiger partial charge in [-0.25, -0.2) is 0 Å². The minimum absolute atomic E-state index is 0.0139. The second-order valence-corrected chi connectivity index (χ2v) is 3.02. The van der Waals surface area contributed by atoms with E-state index in [1.54, 1.807) is 0 Å². The van der Waals surface area contributed by atoms with Crippen molar-refractivity contribution in [1.82, 2.24) is 0 Å². The lowest BCUT2D eigenvalue weighted by Gasteiger charge is -2.18. The molecule has 50 valence electrons. The molecule has 4 unspecified atom stereocenters. The Bertz CT molecular complexity index is 139. The van der Waals surface area contributed by atoms with Crippen molar-refractivity contribution in [1.29, 1.82) is 0 Å². The first-order chi connectivity index (χ1) is 4.29. The molecule has 0 aromatic rings. The lowest BCUT2D eigenvalue weighted by molar-refractivity contribution is 0.130. The summed E-state index contributed by atoms with van der Waals surface area (Å²) in [5.74, 6) is 0.829. The van der Waals surface area contributed by atoms with Crippen LogP contribution in [0.3, 0.4) is 0 Å². The number of aliphatic hydroxyl groups excluding tert-OH is 1. The minimum Gasteiger partial charge on any atom is -0.391 e. The molecular formula is C7H11NO. The zero-order valence-electron chi connectivity index (χ0n) is 5.20. The van der Waals surface area contributed by atoms with Crippen molar-refractivity contribution in [3.63, 3.8) is 0 Å². The maximum atomic E-state index is 9.31. The van der Waals surface area contributed by atoms with Crippen LogP contribution in [0.2, 0.25) is 0 Å². The molecule has 0 spiro atoms. The van der Waals surface area contributed by atoms with Crippen molar-refractivity contribution >= 4 is 0 Å². The van der Waals surface area contributed by atoms with Gasteiger partial charge in [-0.1, -0.05) is 12.2 Å². The van der Waals surface area contributed by atoms with Gasteiger partial charge in [-0.05, 0) is 12.3 Å². The fourth-order valence-electron chi connectivity index (χ4n) is 1.83. The Morgan fingerprint density at radius 3 is 2.33 bits per heavy atom. The van der Waals surface area contributed by atoms with Gasteiger partial charge in [-0.2, -0.15) is 0 Å². The molecule has 1 fully saturated rings. The van der Waals surface area contributed by atoms with E-state index in [0.29, 0.717) is 11.8 Å². The number of nitrogens with two attached hydrogens (primary N) is 1. The molecule has 2 aliphatic carbocycles. The Kier molecular flexibility index (Phi) is 0.957. The first kappa shape index (κ1) is 5.45. The van der Waals surface area contributed by atoms with E-state index >= 15 is 0 Å². The van der Waals surface area contributed by atoms with Crippen molar-refractivity contribution < 1.29 is 5.11 Å². The Labute approximate surface area is 54.4 Å². The van der Waals surface area contributed by atoms with Crippen molar-refractivity contribution in [3.8, 4) is 0 Å². The summed E-state index contributed by atoms with van der Waals surface area (Å²) >= 11 is 0. The van der Waals surface area contributed by atoms with Gasteiger partial charge in [0.2, 0.25) is 0 Å². The minimum atomic E-state index is -0.264. The number of fused-ring (bicyclic) bond motifs is 2. The van der Waals surface area contributed by atoms with Crippen LogP contribution in [0.5, 0.6) is 0 Å². The Hall–Kier alpha value is -0.340. The van der Waals surface area contributed by atoms with Gasteiger partial charge < -0.3 is 10.8 Å². The Balaban J connectivity index is 2.26. The highest BCUT2D eigenvalue weighted by atomic mass is 16.3. The van der Waals surface area contributed by atoms with Crippen LogP contribution in [0.25, 0.3) is 0 Å². The lowest BCUT2D eigenvalue weighted by Crippen LogP contribution is -2.37. The maximum absolute atomic E-state index is 9.31. The third kappa shape index (κ3) is 0.575. The third-order valence-electron chi connectivity index (χ3n) is 2.48. The van der Waals surface area contributed by atoms with E-state index in [1.165, 1.54) is 0 Å². The molecular weight excluding hydrogens is 114 g/mol. The van der Waals surface area contributed by atoms with E-state index in [2.05, 4.69) is 12.2 Å². The van der Waals surface area contributed by atoms with E-state index in [9.17, 15) is 5.11 Å². The molecule has 2 rings (SSSR count). The molecule has 0 aliphatic heterocycles. The number of hydrogen-bond acceptors (Lipinski definition) is 2. The summed E-state index contributed by atoms with van der Waals surface area (Å²) in [6.07, 6.45) is 5.02. The summed E-state index contributed by atoms with van der Waals surface area (Å²) in [5.41, 5.74) is 5.66. The molecule has 9 heavy (non-hydrogen) atoms. The summed E-state index contributed by atoms with van der Waals surface area (Å²) in [6.45, 7) is 0. The van der Waals surface area contributed by atoms with Gasteiger partial charge >= 0.3 is 0 Å². The van der Waals surface area contributed by atoms with Gasteiger partial charge in [-0.3, -0.25) is 0 Å². The van der Waals surface area contributed by atoms with Gasteiger partial charge in [-0.15, -0.1) is 0 Å². The van der Waals surface area contributed by atoms with Gasteiger partial charge in [0.1, 0.15) is 0 Å². The van der Waals surface area contributed by atoms with Crippen molar-refractivity contribution in [2.24, 2.45) is 17.6 Å². The summed E-state index contributed by atoms with van der Waals surface area (Å²) in [7, 11) is 0. The summed E-state index contributed by atoms with van der Waals surface area (Å²) < 4.78 is 0. The number of rotatable bonds is 0. The van der Waals surface area contributed by atoms with Crippen molar-refractivity contribution in [3.05, 3.63) is 12.2 Å². The molecule has 0 heterocycles. The number of aliphatic hydroxyl groups is 1. The molecule has 0 aromatic carbocycles. The fraction of sp³-hybridized carbons (Fsp3) is 0.714. The van der Waals surface area contributed by atoms with Crippen LogP contribution in [-0.2, 0) is 0 Å². The van der Waals surface area contributed by atoms with Crippen molar-refractivity contribution in [2.45, 2.75) is 18.6 Å². The van der Waals surface area contributed by atoms with E-state index in [4.69, 9.17) is 5.73 Å². The second kappa shape index (κ2) is 1.58. The second-order valence-electron chi connectivity index (χ2n) is 3.02. The van der Waals surface area contributed by atoms with Crippen LogP contribution in [0.4, 0.5) is 0 Å². The van der Waals surface area contributed by atoms with E-state index in [1.807, 2.05) is 0 Å². The SMILES string of the molecule is NC1C2C=CC(C2)C1O. The normalized spacial score (nSPS) is 54.9. The highest BCUT2D eigenvalue weighted by Crippen LogP contribution is 2.37. The zero-order valence-corrected chi connectivity index (χ0v) is 5.20. The summed E-state index contributed by atoms with van der Waals surface area (Å²) in [4.78, 5) is 0. The molecule has 2 nitrogen and oxygen atoms in total. The topological polar surface area (TPSA) is 46.2 Å². The monoisotopic (exact) mass is 125 g/mol. The van der Waals surface area contributed by atoms with Gasteiger partial charge in [0.25, 0.3) is 0 Å². The van der Waals surface area contributed by atoms with Gasteiger partial charge in [0.15, 0.2) is 0 Å². The molecule has 0 amide bonds. The predicted molar refractivity (Wildman–Crippen MR) is 34.7 cm³/mol. The largest absolute Gasteiger partial charge is 0.391 e. The highest BCUT2D eigenvalue weighted by molar-refractivity contribution is 5.15. The molecule has 2 heteroatoms. The van der Waals surface area contributed by atoms with Crippen LogP contribution >= 0.6 is 0 Å². The van der Waals surface area contributed by atoms with Gasteiger partial charge in [0, 0.05) is 12.0 Å². The smallest absolute Gasteiger partial charge is 0.0759 e. The first-order valence-corrected chi connectivity index (χ1v) is 3.41. The Morgan fingerprint density at radius 2 is 2.00 bits per heavy atom.